The predicted octanol–water partition coefficient (Wildman–Crippen LogP) is 3.71. The summed E-state index contributed by atoms with van der Waals surface area (Å²) in [6, 6.07) is 14.6. The minimum atomic E-state index is -0.975. The number of fused-ring (bicyclic) bond motifs is 1. The molecule has 1 amide bonds. The zero-order valence-corrected chi connectivity index (χ0v) is 21.4. The van der Waals surface area contributed by atoms with Gasteiger partial charge in [-0.15, -0.1) is 0 Å². The first-order chi connectivity index (χ1) is 17.8. The molecule has 0 spiro atoms. The highest BCUT2D eigenvalue weighted by molar-refractivity contribution is 6.30. The van der Waals surface area contributed by atoms with Gasteiger partial charge in [0.25, 0.3) is 5.56 Å². The van der Waals surface area contributed by atoms with Crippen LogP contribution in [0.15, 0.2) is 58.1 Å². The molecular formula is C28H31ClN4O4. The zero-order valence-electron chi connectivity index (χ0n) is 20.6. The molecule has 9 heteroatoms. The van der Waals surface area contributed by atoms with Crippen molar-refractivity contribution in [3.8, 4) is 0 Å². The van der Waals surface area contributed by atoms with E-state index in [1.54, 1.807) is 17.0 Å². The molecule has 1 saturated heterocycles. The molecule has 2 aromatic carbocycles. The Labute approximate surface area is 219 Å². The molecule has 0 radical (unpaired) electrons. The molecule has 0 atom stereocenters. The van der Waals surface area contributed by atoms with E-state index in [4.69, 9.17) is 11.6 Å². The van der Waals surface area contributed by atoms with Gasteiger partial charge in [-0.05, 0) is 79.5 Å². The average molecular weight is 523 g/mol. The lowest BCUT2D eigenvalue weighted by Crippen LogP contribution is -2.45. The first kappa shape index (κ1) is 25.3. The molecule has 0 bridgehead atoms. The lowest BCUT2D eigenvalue weighted by molar-refractivity contribution is -0.135. The van der Waals surface area contributed by atoms with Crippen molar-refractivity contribution in [1.29, 1.82) is 0 Å². The summed E-state index contributed by atoms with van der Waals surface area (Å²) in [5, 5.41) is 14.8. The summed E-state index contributed by atoms with van der Waals surface area (Å²) in [5.41, 5.74) is 2.40. The second-order valence-corrected chi connectivity index (χ2v) is 10.4. The molecule has 2 aliphatic rings. The van der Waals surface area contributed by atoms with Gasteiger partial charge in [0.15, 0.2) is 0 Å². The van der Waals surface area contributed by atoms with E-state index in [-0.39, 0.29) is 18.9 Å². The number of halogens is 1. The minimum Gasteiger partial charge on any atom is -0.385 e. The summed E-state index contributed by atoms with van der Waals surface area (Å²) < 4.78 is 1.12. The van der Waals surface area contributed by atoms with Crippen molar-refractivity contribution in [2.75, 3.05) is 18.4 Å². The monoisotopic (exact) mass is 522 g/mol. The number of piperidine rings is 1. The van der Waals surface area contributed by atoms with E-state index in [1.165, 1.54) is 17.2 Å². The second kappa shape index (κ2) is 10.6. The van der Waals surface area contributed by atoms with Crippen LogP contribution in [0.5, 0.6) is 0 Å². The Kier molecular flexibility index (Phi) is 7.22. The first-order valence-corrected chi connectivity index (χ1v) is 13.2. The van der Waals surface area contributed by atoms with E-state index < -0.39 is 16.9 Å². The number of aryl methyl sites for hydroxylation is 2. The fourth-order valence-electron chi connectivity index (χ4n) is 5.33. The number of carbonyl (C=O) groups is 1. The van der Waals surface area contributed by atoms with Gasteiger partial charge < -0.3 is 15.3 Å². The van der Waals surface area contributed by atoms with Crippen LogP contribution in [0.4, 0.5) is 11.5 Å². The summed E-state index contributed by atoms with van der Waals surface area (Å²) in [7, 11) is 0. The van der Waals surface area contributed by atoms with Gasteiger partial charge in [-0.2, -0.15) is 0 Å². The van der Waals surface area contributed by atoms with Gasteiger partial charge in [0.1, 0.15) is 5.82 Å². The van der Waals surface area contributed by atoms with Gasteiger partial charge in [0, 0.05) is 42.8 Å². The number of anilines is 2. The number of nitrogens with one attached hydrogen (secondary N) is 2. The van der Waals surface area contributed by atoms with E-state index in [1.807, 2.05) is 18.2 Å². The van der Waals surface area contributed by atoms with Crippen LogP contribution in [-0.2, 0) is 29.8 Å². The van der Waals surface area contributed by atoms with Crippen molar-refractivity contribution < 1.29 is 9.90 Å². The number of benzene rings is 2. The van der Waals surface area contributed by atoms with Gasteiger partial charge >= 0.3 is 5.69 Å². The van der Waals surface area contributed by atoms with Crippen LogP contribution < -0.4 is 16.6 Å². The number of H-pyrrole nitrogens is 1. The van der Waals surface area contributed by atoms with Crippen LogP contribution in [0, 0.1) is 0 Å². The van der Waals surface area contributed by atoms with Crippen LogP contribution in [0.25, 0.3) is 0 Å². The van der Waals surface area contributed by atoms with Crippen LogP contribution in [0.3, 0.4) is 0 Å². The largest absolute Gasteiger partial charge is 0.385 e. The smallest absolute Gasteiger partial charge is 0.329 e. The van der Waals surface area contributed by atoms with Crippen molar-refractivity contribution in [1.82, 2.24) is 14.5 Å². The molecule has 3 N–H and O–H groups in total. The number of amides is 1. The molecular weight excluding hydrogens is 492 g/mol. The van der Waals surface area contributed by atoms with Crippen LogP contribution >= 0.6 is 11.6 Å². The third-order valence-electron chi connectivity index (χ3n) is 7.50. The topological polar surface area (TPSA) is 107 Å². The SMILES string of the molecule is O=C(CCCn1c(=O)cc(Nc2ccc3c(c2)CCC3)[nH]c1=O)N1CCC(O)(c2ccc(Cl)cc2)CC1. The number of aromatic nitrogens is 2. The minimum absolute atomic E-state index is 0.0440. The van der Waals surface area contributed by atoms with Crippen molar-refractivity contribution in [2.45, 2.75) is 57.1 Å². The van der Waals surface area contributed by atoms with Crippen molar-refractivity contribution >= 4 is 29.0 Å². The Bertz CT molecular complexity index is 1370. The summed E-state index contributed by atoms with van der Waals surface area (Å²) in [4.78, 5) is 42.4. The molecule has 0 saturated carbocycles. The molecule has 1 aromatic heterocycles. The molecule has 1 aliphatic carbocycles. The third-order valence-corrected chi connectivity index (χ3v) is 7.75. The van der Waals surface area contributed by atoms with E-state index >= 15 is 0 Å². The summed E-state index contributed by atoms with van der Waals surface area (Å²) in [5.74, 6) is 0.305. The molecule has 2 heterocycles. The van der Waals surface area contributed by atoms with E-state index in [9.17, 15) is 19.5 Å². The van der Waals surface area contributed by atoms with E-state index in [2.05, 4.69) is 22.4 Å². The Balaban J connectivity index is 1.13. The van der Waals surface area contributed by atoms with Crippen LogP contribution in [-0.4, -0.2) is 38.6 Å². The predicted molar refractivity (Wildman–Crippen MR) is 143 cm³/mol. The quantitative estimate of drug-likeness (QED) is 0.438. The fourth-order valence-corrected chi connectivity index (χ4v) is 5.45. The molecule has 5 rings (SSSR count). The first-order valence-electron chi connectivity index (χ1n) is 12.8. The van der Waals surface area contributed by atoms with Gasteiger partial charge in [0.05, 0.1) is 5.60 Å². The molecule has 37 heavy (non-hydrogen) atoms. The maximum atomic E-state index is 12.7. The van der Waals surface area contributed by atoms with E-state index in [0.717, 1.165) is 35.1 Å². The van der Waals surface area contributed by atoms with Crippen LogP contribution in [0.1, 0.15) is 48.8 Å². The second-order valence-electron chi connectivity index (χ2n) is 9.96. The lowest BCUT2D eigenvalue weighted by Gasteiger charge is -2.38. The fraction of sp³-hybridized carbons (Fsp3) is 0.393. The number of aliphatic hydroxyl groups is 1. The normalized spacial score (nSPS) is 16.4. The highest BCUT2D eigenvalue weighted by Gasteiger charge is 2.35. The number of carbonyl (C=O) groups excluding carboxylic acids is 1. The molecule has 0 unspecified atom stereocenters. The molecule has 194 valence electrons. The summed E-state index contributed by atoms with van der Waals surface area (Å²) in [6.07, 6.45) is 4.77. The van der Waals surface area contributed by atoms with E-state index in [0.29, 0.717) is 43.2 Å². The van der Waals surface area contributed by atoms with Crippen molar-refractivity contribution in [3.63, 3.8) is 0 Å². The number of hydrogen-bond donors (Lipinski definition) is 3. The maximum absolute atomic E-state index is 12.7. The number of likely N-dealkylation sites (tertiary alicyclic amines) is 1. The summed E-state index contributed by atoms with van der Waals surface area (Å²) in [6.45, 7) is 1.05. The molecule has 3 aromatic rings. The van der Waals surface area contributed by atoms with Crippen molar-refractivity contribution in [2.24, 2.45) is 0 Å². The number of hydrogen-bond acceptors (Lipinski definition) is 5. The van der Waals surface area contributed by atoms with Crippen LogP contribution in [0.2, 0.25) is 5.02 Å². The van der Waals surface area contributed by atoms with Crippen molar-refractivity contribution in [3.05, 3.63) is 91.1 Å². The Morgan fingerprint density at radius 1 is 1.03 bits per heavy atom. The Morgan fingerprint density at radius 3 is 2.49 bits per heavy atom. The maximum Gasteiger partial charge on any atom is 0.329 e. The summed E-state index contributed by atoms with van der Waals surface area (Å²) >= 11 is 5.95. The highest BCUT2D eigenvalue weighted by atomic mass is 35.5. The van der Waals surface area contributed by atoms with Gasteiger partial charge in [-0.25, -0.2) is 4.79 Å². The lowest BCUT2D eigenvalue weighted by atomic mass is 9.84. The Hall–Kier alpha value is -3.36. The standard InChI is InChI=1S/C28H31ClN4O4/c29-22-9-7-21(8-10-22)28(37)12-15-32(16-13-28)25(34)5-2-14-33-26(35)18-24(31-27(33)36)30-23-11-6-19-3-1-4-20(19)17-23/h6-11,17-18,30,37H,1-5,12-16H2,(H,31,36). The molecule has 1 aliphatic heterocycles. The van der Waals surface area contributed by atoms with Gasteiger partial charge in [0.2, 0.25) is 5.91 Å². The molecule has 8 nitrogen and oxygen atoms in total. The third kappa shape index (κ3) is 5.65. The number of aromatic amines is 1. The average Bonchev–Trinajstić information content (AvgIpc) is 3.34. The number of nitrogens with zero attached hydrogens (tertiary/aromatic N) is 2. The van der Waals surface area contributed by atoms with Gasteiger partial charge in [-0.3, -0.25) is 19.1 Å². The number of rotatable bonds is 7. The molecule has 1 fully saturated rings. The van der Waals surface area contributed by atoms with Gasteiger partial charge in [-0.1, -0.05) is 29.8 Å². The highest BCUT2D eigenvalue weighted by Crippen LogP contribution is 2.33. The zero-order chi connectivity index (χ0) is 26.0. The Morgan fingerprint density at radius 2 is 1.76 bits per heavy atom.